The molecule has 132 valence electrons. The number of hydrogen-bond acceptors (Lipinski definition) is 5. The molecule has 1 fully saturated rings. The highest BCUT2D eigenvalue weighted by atomic mass is 19.1. The van der Waals surface area contributed by atoms with Crippen molar-refractivity contribution in [2.45, 2.75) is 38.6 Å². The maximum Gasteiger partial charge on any atom is 0.178 e. The molecule has 5 rings (SSSR count). The molecule has 6 nitrogen and oxygen atoms in total. The van der Waals surface area contributed by atoms with E-state index < -0.39 is 0 Å². The number of aryl methyl sites for hydroxylation is 1. The fourth-order valence-corrected chi connectivity index (χ4v) is 3.39. The van der Waals surface area contributed by atoms with E-state index in [-0.39, 0.29) is 11.9 Å². The molecule has 1 atom stereocenters. The molecule has 0 radical (unpaired) electrons. The minimum atomic E-state index is -0.263. The molecule has 4 aromatic rings. The van der Waals surface area contributed by atoms with Crippen LogP contribution in [0.2, 0.25) is 0 Å². The molecule has 0 spiro atoms. The van der Waals surface area contributed by atoms with Gasteiger partial charge in [0, 0.05) is 16.9 Å². The Balaban J connectivity index is 1.48. The zero-order valence-corrected chi connectivity index (χ0v) is 14.5. The summed E-state index contributed by atoms with van der Waals surface area (Å²) in [7, 11) is 0. The molecule has 1 N–H and O–H groups in total. The average Bonchev–Trinajstić information content (AvgIpc) is 3.31. The van der Waals surface area contributed by atoms with E-state index in [4.69, 9.17) is 4.42 Å². The van der Waals surface area contributed by atoms with Crippen LogP contribution in [-0.4, -0.2) is 19.8 Å². The Morgan fingerprint density at radius 3 is 2.88 bits per heavy atom. The van der Waals surface area contributed by atoms with E-state index in [1.54, 1.807) is 6.07 Å². The Hall–Kier alpha value is -2.96. The number of anilines is 1. The normalized spacial score (nSPS) is 15.7. The third kappa shape index (κ3) is 2.42. The summed E-state index contributed by atoms with van der Waals surface area (Å²) >= 11 is 0. The molecule has 0 bridgehead atoms. The summed E-state index contributed by atoms with van der Waals surface area (Å²) in [5, 5.41) is 17.2. The van der Waals surface area contributed by atoms with E-state index in [1.165, 1.54) is 12.1 Å². The summed E-state index contributed by atoms with van der Waals surface area (Å²) in [6.45, 7) is 3.95. The van der Waals surface area contributed by atoms with Crippen molar-refractivity contribution < 1.29 is 8.81 Å². The van der Waals surface area contributed by atoms with Gasteiger partial charge in [0.25, 0.3) is 0 Å². The Bertz CT molecular complexity index is 1130. The van der Waals surface area contributed by atoms with E-state index in [0.717, 1.165) is 46.8 Å². The van der Waals surface area contributed by atoms with Crippen LogP contribution in [0.15, 0.2) is 34.7 Å². The molecule has 1 aliphatic rings. The minimum Gasteiger partial charge on any atom is -0.459 e. The van der Waals surface area contributed by atoms with Crippen molar-refractivity contribution in [2.24, 2.45) is 0 Å². The zero-order chi connectivity index (χ0) is 17.8. The predicted octanol–water partition coefficient (Wildman–Crippen LogP) is 4.37. The van der Waals surface area contributed by atoms with Crippen LogP contribution in [0.3, 0.4) is 0 Å². The lowest BCUT2D eigenvalue weighted by atomic mass is 10.1. The number of rotatable bonds is 4. The maximum absolute atomic E-state index is 13.5. The highest BCUT2D eigenvalue weighted by Gasteiger charge is 2.29. The standard InChI is InChI=1S/C19H18FN5O/c1-10-14-9-13(20)5-6-15(14)26-18(10)11(2)21-16-7-8-17-22-23-19(12-3-4-12)25(17)24-16/h5-9,11-12H,3-4H2,1-2H3,(H,21,24). The molecule has 3 aromatic heterocycles. The molecule has 7 heteroatoms. The van der Waals surface area contributed by atoms with Crippen molar-refractivity contribution in [1.29, 1.82) is 0 Å². The van der Waals surface area contributed by atoms with Crippen LogP contribution in [0.25, 0.3) is 16.6 Å². The SMILES string of the molecule is Cc1c(C(C)Nc2ccc3nnc(C4CC4)n3n2)oc2ccc(F)cc12. The van der Waals surface area contributed by atoms with Gasteiger partial charge in [-0.2, -0.15) is 4.52 Å². The van der Waals surface area contributed by atoms with Crippen LogP contribution in [-0.2, 0) is 0 Å². The quantitative estimate of drug-likeness (QED) is 0.591. The fraction of sp³-hybridized carbons (Fsp3) is 0.316. The third-order valence-electron chi connectivity index (χ3n) is 4.92. The largest absolute Gasteiger partial charge is 0.459 e. The van der Waals surface area contributed by atoms with Crippen LogP contribution in [0.4, 0.5) is 10.2 Å². The zero-order valence-electron chi connectivity index (χ0n) is 14.5. The van der Waals surface area contributed by atoms with Gasteiger partial charge in [0.2, 0.25) is 0 Å². The van der Waals surface area contributed by atoms with Gasteiger partial charge in [-0.05, 0) is 57.0 Å². The minimum absolute atomic E-state index is 0.115. The molecule has 26 heavy (non-hydrogen) atoms. The van der Waals surface area contributed by atoms with Crippen LogP contribution in [0.1, 0.15) is 48.9 Å². The highest BCUT2D eigenvalue weighted by Crippen LogP contribution is 2.39. The van der Waals surface area contributed by atoms with Crippen molar-refractivity contribution in [2.75, 3.05) is 5.32 Å². The van der Waals surface area contributed by atoms with Gasteiger partial charge < -0.3 is 9.73 Å². The Kier molecular flexibility index (Phi) is 3.25. The lowest BCUT2D eigenvalue weighted by Crippen LogP contribution is -2.10. The van der Waals surface area contributed by atoms with Gasteiger partial charge in [-0.15, -0.1) is 15.3 Å². The lowest BCUT2D eigenvalue weighted by Gasteiger charge is -2.13. The second-order valence-electron chi connectivity index (χ2n) is 6.92. The smallest absolute Gasteiger partial charge is 0.178 e. The van der Waals surface area contributed by atoms with Gasteiger partial charge in [-0.25, -0.2) is 4.39 Å². The molecular formula is C19H18FN5O. The number of hydrogen-bond donors (Lipinski definition) is 1. The fourth-order valence-electron chi connectivity index (χ4n) is 3.39. The van der Waals surface area contributed by atoms with Gasteiger partial charge >= 0.3 is 0 Å². The highest BCUT2D eigenvalue weighted by molar-refractivity contribution is 5.82. The monoisotopic (exact) mass is 351 g/mol. The van der Waals surface area contributed by atoms with Crippen molar-refractivity contribution >= 4 is 22.4 Å². The van der Waals surface area contributed by atoms with Crippen LogP contribution in [0.5, 0.6) is 0 Å². The Labute approximate surface area is 149 Å². The summed E-state index contributed by atoms with van der Waals surface area (Å²) in [6.07, 6.45) is 2.29. The van der Waals surface area contributed by atoms with Crippen LogP contribution in [0, 0.1) is 12.7 Å². The molecule has 1 aromatic carbocycles. The van der Waals surface area contributed by atoms with E-state index in [9.17, 15) is 4.39 Å². The first kappa shape index (κ1) is 15.3. The van der Waals surface area contributed by atoms with Crippen LogP contribution < -0.4 is 5.32 Å². The van der Waals surface area contributed by atoms with Gasteiger partial charge in [-0.3, -0.25) is 0 Å². The molecule has 1 unspecified atom stereocenters. The first-order valence-corrected chi connectivity index (χ1v) is 8.77. The van der Waals surface area contributed by atoms with E-state index in [1.807, 2.05) is 30.5 Å². The van der Waals surface area contributed by atoms with E-state index in [0.29, 0.717) is 11.5 Å². The van der Waals surface area contributed by atoms with Crippen molar-refractivity contribution in [3.63, 3.8) is 0 Å². The van der Waals surface area contributed by atoms with Crippen molar-refractivity contribution in [3.8, 4) is 0 Å². The Morgan fingerprint density at radius 1 is 1.23 bits per heavy atom. The molecular weight excluding hydrogens is 333 g/mol. The maximum atomic E-state index is 13.5. The van der Waals surface area contributed by atoms with Gasteiger partial charge in [0.1, 0.15) is 23.0 Å². The second kappa shape index (κ2) is 5.52. The first-order valence-electron chi connectivity index (χ1n) is 8.77. The number of benzene rings is 1. The number of nitrogens with one attached hydrogen (secondary N) is 1. The lowest BCUT2D eigenvalue weighted by molar-refractivity contribution is 0.520. The van der Waals surface area contributed by atoms with Gasteiger partial charge in [-0.1, -0.05) is 0 Å². The molecule has 1 saturated carbocycles. The Morgan fingerprint density at radius 2 is 2.08 bits per heavy atom. The van der Waals surface area contributed by atoms with Gasteiger partial charge in [0.05, 0.1) is 6.04 Å². The second-order valence-corrected chi connectivity index (χ2v) is 6.92. The summed E-state index contributed by atoms with van der Waals surface area (Å²) in [5.74, 6) is 2.63. The number of fused-ring (bicyclic) bond motifs is 2. The van der Waals surface area contributed by atoms with Gasteiger partial charge in [0.15, 0.2) is 11.5 Å². The van der Waals surface area contributed by atoms with Crippen molar-refractivity contribution in [1.82, 2.24) is 19.8 Å². The first-order chi connectivity index (χ1) is 12.6. The van der Waals surface area contributed by atoms with Crippen molar-refractivity contribution in [3.05, 3.63) is 53.3 Å². The summed E-state index contributed by atoms with van der Waals surface area (Å²) in [6, 6.07) is 8.26. The molecule has 3 heterocycles. The average molecular weight is 351 g/mol. The summed E-state index contributed by atoms with van der Waals surface area (Å²) < 4.78 is 21.3. The molecule has 0 amide bonds. The number of furan rings is 1. The molecule has 0 saturated heterocycles. The third-order valence-corrected chi connectivity index (χ3v) is 4.92. The van der Waals surface area contributed by atoms with Crippen LogP contribution >= 0.6 is 0 Å². The number of aromatic nitrogens is 4. The molecule has 1 aliphatic carbocycles. The number of nitrogens with zero attached hydrogens (tertiary/aromatic N) is 4. The summed E-state index contributed by atoms with van der Waals surface area (Å²) in [5.41, 5.74) is 2.37. The van der Waals surface area contributed by atoms with E-state index in [2.05, 4.69) is 20.6 Å². The predicted molar refractivity (Wildman–Crippen MR) is 95.7 cm³/mol. The topological polar surface area (TPSA) is 68.2 Å². The molecule has 0 aliphatic heterocycles. The van der Waals surface area contributed by atoms with E-state index >= 15 is 0 Å². The number of halogens is 1. The summed E-state index contributed by atoms with van der Waals surface area (Å²) in [4.78, 5) is 0.